The Hall–Kier alpha value is -1.33. The molecule has 0 aliphatic carbocycles. The standard InChI is InChI=1S/C12H13OP.C2H6/c1-3-14(13,4-2)11-10-12-8-6-5-7-9-12;1-2/h3-11H,1-2H2;1-2H3/b11-10+;. The van der Waals surface area contributed by atoms with E-state index >= 15 is 0 Å². The molecule has 0 fully saturated rings. The number of hydrogen-bond donors (Lipinski definition) is 0. The Balaban J connectivity index is 0.00000106. The molecule has 1 aromatic carbocycles. The van der Waals surface area contributed by atoms with Gasteiger partial charge in [-0.2, -0.15) is 0 Å². The second kappa shape index (κ2) is 7.90. The summed E-state index contributed by atoms with van der Waals surface area (Å²) >= 11 is 0. The van der Waals surface area contributed by atoms with Crippen molar-refractivity contribution in [3.05, 3.63) is 66.5 Å². The van der Waals surface area contributed by atoms with Crippen LogP contribution in [-0.4, -0.2) is 0 Å². The summed E-state index contributed by atoms with van der Waals surface area (Å²) in [6.45, 7) is 11.1. The second-order valence-electron chi connectivity index (χ2n) is 2.86. The number of hydrogen-bond acceptors (Lipinski definition) is 1. The maximum atomic E-state index is 11.8. The molecule has 2 heteroatoms. The molecule has 0 heterocycles. The van der Waals surface area contributed by atoms with Gasteiger partial charge in [-0.3, -0.25) is 0 Å². The third kappa shape index (κ3) is 4.95. The molecule has 0 aliphatic heterocycles. The molecular formula is C14H19OP. The van der Waals surface area contributed by atoms with Gasteiger partial charge in [-0.1, -0.05) is 63.4 Å². The second-order valence-corrected chi connectivity index (χ2v) is 5.41. The van der Waals surface area contributed by atoms with Crippen LogP contribution in [0.3, 0.4) is 0 Å². The maximum Gasteiger partial charge on any atom is 0.149 e. The molecule has 86 valence electrons. The van der Waals surface area contributed by atoms with E-state index < -0.39 is 7.14 Å². The zero-order chi connectivity index (χ0) is 12.4. The molecule has 0 saturated carbocycles. The number of benzene rings is 1. The fourth-order valence-electron chi connectivity index (χ4n) is 0.963. The smallest absolute Gasteiger partial charge is 0.149 e. The Morgan fingerprint density at radius 1 is 1.06 bits per heavy atom. The van der Waals surface area contributed by atoms with E-state index in [-0.39, 0.29) is 0 Å². The molecule has 0 radical (unpaired) electrons. The molecule has 0 unspecified atom stereocenters. The largest absolute Gasteiger partial charge is 0.311 e. The zero-order valence-electron chi connectivity index (χ0n) is 9.97. The van der Waals surface area contributed by atoms with Gasteiger partial charge in [-0.25, -0.2) is 0 Å². The zero-order valence-corrected chi connectivity index (χ0v) is 10.9. The Morgan fingerprint density at radius 3 is 2.00 bits per heavy atom. The average molecular weight is 234 g/mol. The van der Waals surface area contributed by atoms with Crippen LogP contribution in [-0.2, 0) is 4.57 Å². The Labute approximate surface area is 98.6 Å². The first kappa shape index (κ1) is 14.7. The van der Waals surface area contributed by atoms with Gasteiger partial charge in [0.05, 0.1) is 0 Å². The summed E-state index contributed by atoms with van der Waals surface area (Å²) in [6, 6.07) is 9.72. The highest BCUT2D eigenvalue weighted by molar-refractivity contribution is 7.73. The van der Waals surface area contributed by atoms with E-state index in [1.54, 1.807) is 5.82 Å². The van der Waals surface area contributed by atoms with Gasteiger partial charge in [0.2, 0.25) is 0 Å². The minimum absolute atomic E-state index is 1.02. The lowest BCUT2D eigenvalue weighted by Crippen LogP contribution is -1.69. The van der Waals surface area contributed by atoms with Crippen molar-refractivity contribution in [1.82, 2.24) is 0 Å². The first-order chi connectivity index (χ1) is 7.70. The summed E-state index contributed by atoms with van der Waals surface area (Å²) in [5.74, 6) is 4.54. The molecule has 0 N–H and O–H groups in total. The molecule has 16 heavy (non-hydrogen) atoms. The lowest BCUT2D eigenvalue weighted by molar-refractivity contribution is 0.591. The van der Waals surface area contributed by atoms with Gasteiger partial charge in [-0.15, -0.1) is 0 Å². The van der Waals surface area contributed by atoms with Crippen LogP contribution in [0.2, 0.25) is 0 Å². The van der Waals surface area contributed by atoms with Crippen molar-refractivity contribution in [2.45, 2.75) is 13.8 Å². The van der Waals surface area contributed by atoms with Gasteiger partial charge < -0.3 is 4.57 Å². The van der Waals surface area contributed by atoms with Crippen LogP contribution in [0.1, 0.15) is 19.4 Å². The fourth-order valence-corrected chi connectivity index (χ4v) is 1.76. The molecule has 1 aromatic rings. The highest BCUT2D eigenvalue weighted by Crippen LogP contribution is 2.49. The lowest BCUT2D eigenvalue weighted by Gasteiger charge is -2.00. The molecule has 0 spiro atoms. The average Bonchev–Trinajstić information content (AvgIpc) is 2.39. The van der Waals surface area contributed by atoms with Gasteiger partial charge in [-0.05, 0) is 23.0 Å². The van der Waals surface area contributed by atoms with Crippen molar-refractivity contribution in [3.63, 3.8) is 0 Å². The fraction of sp³-hybridized carbons (Fsp3) is 0.143. The summed E-state index contributed by atoms with van der Waals surface area (Å²) in [5, 5.41) is 0. The molecule has 0 saturated heterocycles. The van der Waals surface area contributed by atoms with Crippen molar-refractivity contribution in [3.8, 4) is 0 Å². The van der Waals surface area contributed by atoms with Crippen LogP contribution in [0.15, 0.2) is 60.9 Å². The molecule has 1 rings (SSSR count). The highest BCUT2D eigenvalue weighted by Gasteiger charge is 2.05. The summed E-state index contributed by atoms with van der Waals surface area (Å²) in [4.78, 5) is 0. The lowest BCUT2D eigenvalue weighted by atomic mass is 10.2. The molecule has 0 aliphatic rings. The third-order valence-corrected chi connectivity index (χ3v) is 3.63. The summed E-state index contributed by atoms with van der Waals surface area (Å²) < 4.78 is 11.8. The Kier molecular flexibility index (Phi) is 7.24. The van der Waals surface area contributed by atoms with Crippen molar-refractivity contribution < 1.29 is 4.57 Å². The summed E-state index contributed by atoms with van der Waals surface area (Å²) in [5.41, 5.74) is 1.02. The van der Waals surface area contributed by atoms with E-state index in [2.05, 4.69) is 13.2 Å². The normalized spacial score (nSPS) is 10.4. The number of rotatable bonds is 4. The van der Waals surface area contributed by atoms with Crippen LogP contribution in [0.25, 0.3) is 6.08 Å². The highest BCUT2D eigenvalue weighted by atomic mass is 31.2. The molecule has 0 amide bonds. The minimum Gasteiger partial charge on any atom is -0.311 e. The van der Waals surface area contributed by atoms with E-state index in [4.69, 9.17) is 0 Å². The predicted molar refractivity (Wildman–Crippen MR) is 74.8 cm³/mol. The first-order valence-electron chi connectivity index (χ1n) is 5.31. The molecule has 1 nitrogen and oxygen atoms in total. The van der Waals surface area contributed by atoms with E-state index in [0.717, 1.165) is 5.56 Å². The van der Waals surface area contributed by atoms with E-state index in [0.29, 0.717) is 0 Å². The van der Waals surface area contributed by atoms with Crippen molar-refractivity contribution in [1.29, 1.82) is 0 Å². The van der Waals surface area contributed by atoms with E-state index in [9.17, 15) is 4.57 Å². The maximum absolute atomic E-state index is 11.8. The Morgan fingerprint density at radius 2 is 1.56 bits per heavy atom. The quantitative estimate of drug-likeness (QED) is 0.643. The monoisotopic (exact) mass is 234 g/mol. The van der Waals surface area contributed by atoms with Crippen LogP contribution in [0, 0.1) is 0 Å². The molecular weight excluding hydrogens is 215 g/mol. The first-order valence-corrected chi connectivity index (χ1v) is 7.22. The summed E-state index contributed by atoms with van der Waals surface area (Å²) in [6.07, 6.45) is 1.82. The van der Waals surface area contributed by atoms with Gasteiger partial charge >= 0.3 is 0 Å². The minimum atomic E-state index is -2.50. The SMILES string of the molecule is C=CP(=O)(C=C)/C=C/c1ccccc1.CC. The Bertz CT molecular complexity index is 378. The van der Waals surface area contributed by atoms with Gasteiger partial charge in [0.25, 0.3) is 0 Å². The van der Waals surface area contributed by atoms with Crippen molar-refractivity contribution >= 4 is 13.2 Å². The van der Waals surface area contributed by atoms with E-state index in [1.165, 1.54) is 11.6 Å². The van der Waals surface area contributed by atoms with Gasteiger partial charge in [0, 0.05) is 0 Å². The predicted octanol–water partition coefficient (Wildman–Crippen LogP) is 5.33. The van der Waals surface area contributed by atoms with Crippen LogP contribution in [0.4, 0.5) is 0 Å². The van der Waals surface area contributed by atoms with Crippen molar-refractivity contribution in [2.75, 3.05) is 0 Å². The van der Waals surface area contributed by atoms with Crippen molar-refractivity contribution in [2.24, 2.45) is 0 Å². The van der Waals surface area contributed by atoms with Crippen LogP contribution < -0.4 is 0 Å². The van der Waals surface area contributed by atoms with Gasteiger partial charge in [0.1, 0.15) is 7.14 Å². The molecule has 0 atom stereocenters. The van der Waals surface area contributed by atoms with Crippen LogP contribution >= 0.6 is 7.14 Å². The molecule has 0 bridgehead atoms. The summed E-state index contributed by atoms with van der Waals surface area (Å²) in [7, 11) is -2.50. The van der Waals surface area contributed by atoms with E-state index in [1.807, 2.05) is 50.3 Å². The molecule has 0 aromatic heterocycles. The van der Waals surface area contributed by atoms with Gasteiger partial charge in [0.15, 0.2) is 0 Å². The van der Waals surface area contributed by atoms with Crippen LogP contribution in [0.5, 0.6) is 0 Å². The topological polar surface area (TPSA) is 17.1 Å². The third-order valence-electron chi connectivity index (χ3n) is 1.87.